The predicted octanol–water partition coefficient (Wildman–Crippen LogP) is 5.92. The van der Waals surface area contributed by atoms with Crippen LogP contribution in [0.1, 0.15) is 72.6 Å². The molecule has 4 atom stereocenters. The van der Waals surface area contributed by atoms with E-state index in [0.29, 0.717) is 17.8 Å². The van der Waals surface area contributed by atoms with Gasteiger partial charge in [0.1, 0.15) is 0 Å². The number of amides is 2. The number of benzene rings is 2. The Morgan fingerprint density at radius 1 is 0.882 bits per heavy atom. The lowest BCUT2D eigenvalue weighted by Crippen LogP contribution is -2.67. The monoisotopic (exact) mass is 454 g/mol. The minimum absolute atomic E-state index is 0.116. The number of piperidine rings is 1. The topological polar surface area (TPSA) is 40.6 Å². The lowest BCUT2D eigenvalue weighted by atomic mass is 9.52. The van der Waals surface area contributed by atoms with E-state index in [4.69, 9.17) is 0 Å². The van der Waals surface area contributed by atoms with E-state index < -0.39 is 0 Å². The Morgan fingerprint density at radius 2 is 1.56 bits per heavy atom. The van der Waals surface area contributed by atoms with E-state index in [2.05, 4.69) is 16.7 Å². The van der Waals surface area contributed by atoms with Crippen molar-refractivity contribution in [2.45, 2.75) is 57.4 Å². The average Bonchev–Trinajstić information content (AvgIpc) is 2.88. The van der Waals surface area contributed by atoms with Crippen LogP contribution in [0, 0.1) is 17.8 Å². The second-order valence-electron chi connectivity index (χ2n) is 10.9. The molecule has 2 amide bonds. The number of carbonyl (C=O) groups excluding carboxylic acids is 2. The molecule has 0 spiro atoms. The summed E-state index contributed by atoms with van der Waals surface area (Å²) in [4.78, 5) is 32.0. The van der Waals surface area contributed by atoms with Crippen molar-refractivity contribution < 1.29 is 9.59 Å². The molecule has 2 aliphatic heterocycles. The van der Waals surface area contributed by atoms with Gasteiger partial charge < -0.3 is 9.80 Å². The quantitative estimate of drug-likeness (QED) is 0.565. The van der Waals surface area contributed by atoms with Crippen LogP contribution in [0.4, 0.5) is 0 Å². The molecule has 4 aliphatic rings. The Morgan fingerprint density at radius 3 is 2.26 bits per heavy atom. The number of nitrogens with zero attached hydrogens (tertiary/aromatic N) is 2. The van der Waals surface area contributed by atoms with Crippen LogP contribution in [0.2, 0.25) is 0 Å². The number of hydrogen-bond acceptors (Lipinski definition) is 2. The maximum Gasteiger partial charge on any atom is 0.258 e. The largest absolute Gasteiger partial charge is 0.329 e. The van der Waals surface area contributed by atoms with E-state index in [1.54, 1.807) is 0 Å². The van der Waals surface area contributed by atoms with Crippen molar-refractivity contribution in [3.63, 3.8) is 0 Å². The highest BCUT2D eigenvalue weighted by Gasteiger charge is 2.60. The van der Waals surface area contributed by atoms with Crippen molar-refractivity contribution in [1.29, 1.82) is 0 Å². The van der Waals surface area contributed by atoms with E-state index in [1.807, 2.05) is 60.7 Å². The molecule has 2 aromatic carbocycles. The molecule has 2 heterocycles. The Hall–Kier alpha value is -2.88. The van der Waals surface area contributed by atoms with Gasteiger partial charge in [0.15, 0.2) is 0 Å². The van der Waals surface area contributed by atoms with Crippen molar-refractivity contribution in [3.8, 4) is 0 Å². The van der Waals surface area contributed by atoms with Gasteiger partial charge in [-0.15, -0.1) is 0 Å². The van der Waals surface area contributed by atoms with Gasteiger partial charge in [-0.1, -0.05) is 43.3 Å². The molecule has 34 heavy (non-hydrogen) atoms. The molecule has 0 aromatic heterocycles. The molecule has 1 saturated heterocycles. The number of carbonyl (C=O) groups is 2. The molecular weight excluding hydrogens is 420 g/mol. The fourth-order valence-electron chi connectivity index (χ4n) is 7.81. The summed E-state index contributed by atoms with van der Waals surface area (Å²) in [6.45, 7) is 3.96. The van der Waals surface area contributed by atoms with E-state index in [1.165, 1.54) is 24.1 Å². The Kier molecular flexibility index (Phi) is 5.35. The second kappa shape index (κ2) is 8.41. The molecule has 2 aliphatic carbocycles. The van der Waals surface area contributed by atoms with Crippen LogP contribution in [-0.4, -0.2) is 40.2 Å². The molecule has 1 saturated carbocycles. The standard InChI is InChI=1S/C30H34N2O2/c1-21-18-24-19-27-26(15-8-16-31(27)28(33)22-10-4-2-5-11-22)30(20-21)25(24)14-9-17-32(30)29(34)23-12-6-3-7-13-23/h2-7,10-13,21,24-25H,8-9,14-20H2,1H3/t21-,24-,25+,30+/m1/s1. The van der Waals surface area contributed by atoms with Gasteiger partial charge in [-0.2, -0.15) is 0 Å². The minimum atomic E-state index is -0.239. The van der Waals surface area contributed by atoms with Crippen LogP contribution in [0.3, 0.4) is 0 Å². The van der Waals surface area contributed by atoms with Crippen LogP contribution >= 0.6 is 0 Å². The third-order valence-corrected chi connectivity index (χ3v) is 8.92. The first-order valence-electron chi connectivity index (χ1n) is 13.1. The number of rotatable bonds is 2. The zero-order valence-corrected chi connectivity index (χ0v) is 20.1. The molecule has 176 valence electrons. The Bertz CT molecular complexity index is 1130. The summed E-state index contributed by atoms with van der Waals surface area (Å²) in [6.07, 6.45) is 7.45. The molecule has 2 fully saturated rings. The fraction of sp³-hybridized carbons (Fsp3) is 0.467. The van der Waals surface area contributed by atoms with Gasteiger partial charge in [-0.3, -0.25) is 9.59 Å². The van der Waals surface area contributed by atoms with Crippen molar-refractivity contribution in [2.75, 3.05) is 13.1 Å². The second-order valence-corrected chi connectivity index (χ2v) is 10.9. The highest BCUT2D eigenvalue weighted by Crippen LogP contribution is 2.60. The molecule has 6 rings (SSSR count). The Labute approximate surface area is 202 Å². The SMILES string of the molecule is C[C@@H]1C[C@@H]2CC3=C(CCCN3C(=O)c3ccccc3)[C@]3(C1)[C@H]2CCCN3C(=O)c1ccccc1. The molecular formula is C30H34N2O2. The molecule has 2 bridgehead atoms. The van der Waals surface area contributed by atoms with Gasteiger partial charge in [0.2, 0.25) is 0 Å². The number of likely N-dealkylation sites (tertiary alicyclic amines) is 1. The van der Waals surface area contributed by atoms with E-state index in [9.17, 15) is 9.59 Å². The van der Waals surface area contributed by atoms with E-state index >= 15 is 0 Å². The van der Waals surface area contributed by atoms with E-state index in [0.717, 1.165) is 56.3 Å². The average molecular weight is 455 g/mol. The molecule has 4 nitrogen and oxygen atoms in total. The molecule has 4 heteroatoms. The van der Waals surface area contributed by atoms with Crippen LogP contribution < -0.4 is 0 Å². The molecule has 0 radical (unpaired) electrons. The third kappa shape index (κ3) is 3.25. The molecule has 0 unspecified atom stereocenters. The van der Waals surface area contributed by atoms with Gasteiger partial charge in [0.25, 0.3) is 11.8 Å². The maximum atomic E-state index is 14.0. The summed E-state index contributed by atoms with van der Waals surface area (Å²) in [5.74, 6) is 1.91. The lowest BCUT2D eigenvalue weighted by Gasteiger charge is -2.63. The molecule has 0 N–H and O–H groups in total. The number of allylic oxidation sites excluding steroid dienone is 1. The zero-order valence-electron chi connectivity index (χ0n) is 20.1. The normalized spacial score (nSPS) is 30.4. The van der Waals surface area contributed by atoms with Crippen LogP contribution in [0.5, 0.6) is 0 Å². The first-order valence-corrected chi connectivity index (χ1v) is 13.1. The summed E-state index contributed by atoms with van der Waals surface area (Å²) in [5, 5.41) is 0. The van der Waals surface area contributed by atoms with Gasteiger partial charge in [0, 0.05) is 29.9 Å². The maximum absolute atomic E-state index is 14.0. The third-order valence-electron chi connectivity index (χ3n) is 8.92. The summed E-state index contributed by atoms with van der Waals surface area (Å²) >= 11 is 0. The van der Waals surface area contributed by atoms with Crippen LogP contribution in [0.25, 0.3) is 0 Å². The fourth-order valence-corrected chi connectivity index (χ4v) is 7.81. The summed E-state index contributed by atoms with van der Waals surface area (Å²) in [7, 11) is 0. The molecule has 2 aromatic rings. The first kappa shape index (κ1) is 21.6. The highest BCUT2D eigenvalue weighted by atomic mass is 16.2. The summed E-state index contributed by atoms with van der Waals surface area (Å²) in [5.41, 5.74) is 3.95. The Balaban J connectivity index is 1.48. The van der Waals surface area contributed by atoms with Gasteiger partial charge >= 0.3 is 0 Å². The van der Waals surface area contributed by atoms with Crippen molar-refractivity contribution in [2.24, 2.45) is 17.8 Å². The summed E-state index contributed by atoms with van der Waals surface area (Å²) < 4.78 is 0. The van der Waals surface area contributed by atoms with Crippen molar-refractivity contribution >= 4 is 11.8 Å². The van der Waals surface area contributed by atoms with Gasteiger partial charge in [-0.05, 0) is 92.5 Å². The zero-order chi connectivity index (χ0) is 23.3. The van der Waals surface area contributed by atoms with E-state index in [-0.39, 0.29) is 17.4 Å². The van der Waals surface area contributed by atoms with Crippen LogP contribution in [0.15, 0.2) is 71.9 Å². The predicted molar refractivity (Wildman–Crippen MR) is 133 cm³/mol. The first-order chi connectivity index (χ1) is 16.6. The highest BCUT2D eigenvalue weighted by molar-refractivity contribution is 5.96. The van der Waals surface area contributed by atoms with Crippen LogP contribution in [-0.2, 0) is 0 Å². The minimum Gasteiger partial charge on any atom is -0.329 e. The lowest BCUT2D eigenvalue weighted by molar-refractivity contribution is -0.0541. The smallest absolute Gasteiger partial charge is 0.258 e. The van der Waals surface area contributed by atoms with Gasteiger partial charge in [-0.25, -0.2) is 0 Å². The number of hydrogen-bond donors (Lipinski definition) is 0. The van der Waals surface area contributed by atoms with Gasteiger partial charge in [0.05, 0.1) is 5.54 Å². The van der Waals surface area contributed by atoms with Crippen molar-refractivity contribution in [1.82, 2.24) is 9.80 Å². The summed E-state index contributed by atoms with van der Waals surface area (Å²) in [6, 6.07) is 19.5. The van der Waals surface area contributed by atoms with Crippen molar-refractivity contribution in [3.05, 3.63) is 83.1 Å².